The van der Waals surface area contributed by atoms with E-state index in [-0.39, 0.29) is 10.8 Å². The smallest absolute Gasteiger partial charge is 0.243 e. The topological polar surface area (TPSA) is 68.1 Å². The third-order valence-electron chi connectivity index (χ3n) is 4.89. The Labute approximate surface area is 167 Å². The van der Waals surface area contributed by atoms with E-state index in [0.29, 0.717) is 29.6 Å². The van der Waals surface area contributed by atoms with E-state index in [9.17, 15) is 8.42 Å². The van der Waals surface area contributed by atoms with Crippen molar-refractivity contribution in [2.24, 2.45) is 0 Å². The fraction of sp³-hybridized carbons (Fsp3) is 0.333. The van der Waals surface area contributed by atoms with Crippen LogP contribution in [0.5, 0.6) is 0 Å². The van der Waals surface area contributed by atoms with Crippen molar-refractivity contribution in [3.8, 4) is 0 Å². The molecule has 0 bridgehead atoms. The molecule has 2 aromatic heterocycles. The first-order chi connectivity index (χ1) is 12.9. The van der Waals surface area contributed by atoms with Crippen molar-refractivity contribution in [2.75, 3.05) is 13.1 Å². The first-order valence-corrected chi connectivity index (χ1v) is 10.9. The highest BCUT2D eigenvalue weighted by Gasteiger charge is 2.35. The lowest BCUT2D eigenvalue weighted by atomic mass is 10.1. The number of benzene rings is 1. The van der Waals surface area contributed by atoms with Gasteiger partial charge in [0.15, 0.2) is 0 Å². The van der Waals surface area contributed by atoms with Crippen molar-refractivity contribution in [2.45, 2.75) is 30.7 Å². The van der Waals surface area contributed by atoms with Gasteiger partial charge in [0.1, 0.15) is 5.82 Å². The lowest BCUT2D eigenvalue weighted by molar-refractivity contribution is 0.469. The Morgan fingerprint density at radius 1 is 1.22 bits per heavy atom. The van der Waals surface area contributed by atoms with Crippen LogP contribution < -0.4 is 0 Å². The van der Waals surface area contributed by atoms with Gasteiger partial charge in [0.25, 0.3) is 0 Å². The van der Waals surface area contributed by atoms with E-state index in [1.807, 2.05) is 6.07 Å². The van der Waals surface area contributed by atoms with Crippen molar-refractivity contribution in [3.05, 3.63) is 52.5 Å². The molecule has 1 fully saturated rings. The Balaban J connectivity index is 1.66. The minimum atomic E-state index is -3.66. The monoisotopic (exact) mass is 424 g/mol. The van der Waals surface area contributed by atoms with Gasteiger partial charge in [-0.15, -0.1) is 0 Å². The van der Waals surface area contributed by atoms with E-state index in [1.165, 1.54) is 22.5 Å². The molecule has 1 saturated heterocycles. The van der Waals surface area contributed by atoms with Gasteiger partial charge in [-0.25, -0.2) is 13.4 Å². The molecule has 0 radical (unpaired) electrons. The molecule has 0 spiro atoms. The molecule has 0 amide bonds. The second-order valence-corrected chi connectivity index (χ2v) is 9.34. The van der Waals surface area contributed by atoms with E-state index in [4.69, 9.17) is 28.2 Å². The van der Waals surface area contributed by atoms with E-state index >= 15 is 0 Å². The third-order valence-corrected chi connectivity index (χ3v) is 7.17. The molecule has 1 atom stereocenters. The minimum absolute atomic E-state index is 0.0294. The van der Waals surface area contributed by atoms with Gasteiger partial charge in [0.2, 0.25) is 10.0 Å². The minimum Gasteiger partial charge on any atom is -0.327 e. The highest BCUT2D eigenvalue weighted by atomic mass is 35.5. The number of hydrogen-bond acceptors (Lipinski definition) is 4. The average molecular weight is 425 g/mol. The average Bonchev–Trinajstić information content (AvgIpc) is 3.25. The summed E-state index contributed by atoms with van der Waals surface area (Å²) in [5.41, 5.74) is 1.85. The van der Waals surface area contributed by atoms with Gasteiger partial charge < -0.3 is 4.57 Å². The van der Waals surface area contributed by atoms with Gasteiger partial charge in [-0.05, 0) is 37.6 Å². The van der Waals surface area contributed by atoms with Crippen molar-refractivity contribution >= 4 is 44.3 Å². The van der Waals surface area contributed by atoms with E-state index in [2.05, 4.69) is 16.5 Å². The summed E-state index contributed by atoms with van der Waals surface area (Å²) in [5, 5.41) is 0.606. The number of imidazole rings is 1. The highest BCUT2D eigenvalue weighted by Crippen LogP contribution is 2.33. The van der Waals surface area contributed by atoms with Crippen LogP contribution in [0.1, 0.15) is 25.1 Å². The maximum atomic E-state index is 13.0. The zero-order chi connectivity index (χ0) is 19.2. The lowest BCUT2D eigenvalue weighted by Gasteiger charge is -2.17. The van der Waals surface area contributed by atoms with Gasteiger partial charge >= 0.3 is 0 Å². The van der Waals surface area contributed by atoms with Crippen LogP contribution in [0, 0.1) is 0 Å². The van der Waals surface area contributed by atoms with Crippen LogP contribution in [0.4, 0.5) is 0 Å². The van der Waals surface area contributed by atoms with Gasteiger partial charge in [-0.3, -0.25) is 4.98 Å². The summed E-state index contributed by atoms with van der Waals surface area (Å²) in [6.45, 7) is 3.62. The van der Waals surface area contributed by atoms with Crippen LogP contribution in [0.2, 0.25) is 10.0 Å². The molecule has 1 aromatic carbocycles. The summed E-state index contributed by atoms with van der Waals surface area (Å²) in [6, 6.07) is 6.26. The maximum Gasteiger partial charge on any atom is 0.243 e. The molecule has 3 aromatic rings. The summed E-state index contributed by atoms with van der Waals surface area (Å²) >= 11 is 12.0. The van der Waals surface area contributed by atoms with Crippen molar-refractivity contribution in [1.29, 1.82) is 0 Å². The number of hydrogen-bond donors (Lipinski definition) is 0. The summed E-state index contributed by atoms with van der Waals surface area (Å²) < 4.78 is 29.6. The van der Waals surface area contributed by atoms with Crippen LogP contribution in [-0.4, -0.2) is 40.3 Å². The first kappa shape index (κ1) is 18.7. The molecule has 142 valence electrons. The number of aryl methyl sites for hydroxylation is 1. The highest BCUT2D eigenvalue weighted by molar-refractivity contribution is 7.89. The number of pyridine rings is 1. The number of nitrogens with zero attached hydrogens (tertiary/aromatic N) is 4. The fourth-order valence-corrected chi connectivity index (χ4v) is 5.84. The normalized spacial score (nSPS) is 18.4. The van der Waals surface area contributed by atoms with Gasteiger partial charge in [0.05, 0.1) is 22.1 Å². The van der Waals surface area contributed by atoms with E-state index in [0.717, 1.165) is 23.4 Å². The molecule has 3 heterocycles. The number of fused-ring (bicyclic) bond motifs is 1. The van der Waals surface area contributed by atoms with Crippen LogP contribution >= 0.6 is 23.2 Å². The van der Waals surface area contributed by atoms with Crippen molar-refractivity contribution in [3.63, 3.8) is 0 Å². The van der Waals surface area contributed by atoms with Crippen LogP contribution in [0.25, 0.3) is 11.0 Å². The molecule has 1 aliphatic rings. The third kappa shape index (κ3) is 3.33. The van der Waals surface area contributed by atoms with Crippen LogP contribution in [0.15, 0.2) is 41.6 Å². The zero-order valence-electron chi connectivity index (χ0n) is 14.6. The molecule has 6 nitrogen and oxygen atoms in total. The summed E-state index contributed by atoms with van der Waals surface area (Å²) in [6.07, 6.45) is 4.23. The Kier molecular flexibility index (Phi) is 4.88. The summed E-state index contributed by atoms with van der Waals surface area (Å²) in [4.78, 5) is 9.04. The number of halogens is 2. The number of rotatable bonds is 4. The second-order valence-electron chi connectivity index (χ2n) is 6.53. The van der Waals surface area contributed by atoms with Crippen molar-refractivity contribution < 1.29 is 8.42 Å². The maximum absolute atomic E-state index is 13.0. The Bertz CT molecular complexity index is 1090. The van der Waals surface area contributed by atoms with E-state index in [1.54, 1.807) is 12.4 Å². The molecule has 27 heavy (non-hydrogen) atoms. The van der Waals surface area contributed by atoms with Gasteiger partial charge in [-0.1, -0.05) is 23.2 Å². The predicted octanol–water partition coefficient (Wildman–Crippen LogP) is 3.94. The Morgan fingerprint density at radius 3 is 2.67 bits per heavy atom. The van der Waals surface area contributed by atoms with Gasteiger partial charge in [0, 0.05) is 41.8 Å². The SMILES string of the molecule is CCn1c([C@H]2CCN(S(=O)(=O)c3cc(Cl)cc(Cl)c3)C2)nc2ccncc21. The molecule has 0 saturated carbocycles. The second kappa shape index (κ2) is 7.05. The van der Waals surface area contributed by atoms with Crippen LogP contribution in [-0.2, 0) is 16.6 Å². The number of sulfonamides is 1. The predicted molar refractivity (Wildman–Crippen MR) is 106 cm³/mol. The summed E-state index contributed by atoms with van der Waals surface area (Å²) in [7, 11) is -3.66. The Hall–Kier alpha value is -1.67. The van der Waals surface area contributed by atoms with Crippen molar-refractivity contribution in [1.82, 2.24) is 18.8 Å². The fourth-order valence-electron chi connectivity index (χ4n) is 3.62. The molecular weight excluding hydrogens is 407 g/mol. The number of aromatic nitrogens is 3. The zero-order valence-corrected chi connectivity index (χ0v) is 17.0. The summed E-state index contributed by atoms with van der Waals surface area (Å²) in [5.74, 6) is 0.934. The molecule has 0 aliphatic carbocycles. The first-order valence-electron chi connectivity index (χ1n) is 8.66. The standard InChI is InChI=1S/C18H18Cl2N4O2S/c1-2-24-17-10-21-5-3-16(17)22-18(24)12-4-6-23(11-12)27(25,26)15-8-13(19)7-14(20)9-15/h3,5,7-10,12H,2,4,6,11H2,1H3/t12-/m0/s1. The molecule has 0 unspecified atom stereocenters. The van der Waals surface area contributed by atoms with Crippen LogP contribution in [0.3, 0.4) is 0 Å². The van der Waals surface area contributed by atoms with E-state index < -0.39 is 10.0 Å². The Morgan fingerprint density at radius 2 is 1.96 bits per heavy atom. The quantitative estimate of drug-likeness (QED) is 0.635. The molecule has 4 rings (SSSR count). The largest absolute Gasteiger partial charge is 0.327 e. The lowest BCUT2D eigenvalue weighted by Crippen LogP contribution is -2.29. The molecule has 0 N–H and O–H groups in total. The molecule has 1 aliphatic heterocycles. The molecule has 9 heteroatoms. The molecular formula is C18H18Cl2N4O2S. The van der Waals surface area contributed by atoms with Gasteiger partial charge in [-0.2, -0.15) is 4.31 Å².